The van der Waals surface area contributed by atoms with Crippen LogP contribution in [0.2, 0.25) is 5.02 Å². The molecule has 1 aromatic carbocycles. The van der Waals surface area contributed by atoms with E-state index in [2.05, 4.69) is 17.1 Å². The predicted octanol–water partition coefficient (Wildman–Crippen LogP) is 3.21. The van der Waals surface area contributed by atoms with Crippen molar-refractivity contribution < 1.29 is 4.92 Å². The Balaban J connectivity index is 1.83. The van der Waals surface area contributed by atoms with E-state index < -0.39 is 4.92 Å². The van der Waals surface area contributed by atoms with E-state index in [9.17, 15) is 10.1 Å². The molecule has 0 amide bonds. The van der Waals surface area contributed by atoms with Gasteiger partial charge in [0.1, 0.15) is 0 Å². The molecule has 2 rings (SSSR count). The fourth-order valence-corrected chi connectivity index (χ4v) is 2.91. The molecule has 1 unspecified atom stereocenters. The average Bonchev–Trinajstić information content (AvgIpc) is 2.47. The first kappa shape index (κ1) is 16.2. The molecular formula is C15H22ClN3O2. The summed E-state index contributed by atoms with van der Waals surface area (Å²) in [6.45, 7) is 6.19. The van der Waals surface area contributed by atoms with Crippen LogP contribution in [0, 0.1) is 10.1 Å². The molecule has 0 spiro atoms. The van der Waals surface area contributed by atoms with Gasteiger partial charge in [0.25, 0.3) is 5.69 Å². The van der Waals surface area contributed by atoms with E-state index in [-0.39, 0.29) is 5.69 Å². The second-order valence-electron chi connectivity index (χ2n) is 5.68. The Labute approximate surface area is 130 Å². The van der Waals surface area contributed by atoms with Gasteiger partial charge in [-0.15, -0.1) is 0 Å². The lowest BCUT2D eigenvalue weighted by Gasteiger charge is -2.29. The number of hydrogen-bond donors (Lipinski definition) is 1. The Hall–Kier alpha value is -1.17. The molecular weight excluding hydrogens is 290 g/mol. The SMILES string of the molecule is CC(CN1CCCCC1)NCc1ccc([N+](=O)[O-])cc1Cl. The summed E-state index contributed by atoms with van der Waals surface area (Å²) >= 11 is 6.09. The lowest BCUT2D eigenvalue weighted by molar-refractivity contribution is -0.384. The molecule has 6 heteroatoms. The third-order valence-corrected chi connectivity index (χ3v) is 4.22. The van der Waals surface area contributed by atoms with Gasteiger partial charge in [-0.2, -0.15) is 0 Å². The molecule has 5 nitrogen and oxygen atoms in total. The van der Waals surface area contributed by atoms with Gasteiger partial charge in [0.2, 0.25) is 0 Å². The average molecular weight is 312 g/mol. The summed E-state index contributed by atoms with van der Waals surface area (Å²) in [7, 11) is 0. The normalized spacial score (nSPS) is 17.6. The van der Waals surface area contributed by atoms with E-state index in [0.717, 1.165) is 12.1 Å². The van der Waals surface area contributed by atoms with Crippen LogP contribution in [0.1, 0.15) is 31.7 Å². The van der Waals surface area contributed by atoms with E-state index in [1.54, 1.807) is 6.07 Å². The molecule has 1 fully saturated rings. The highest BCUT2D eigenvalue weighted by atomic mass is 35.5. The Bertz CT molecular complexity index is 490. The monoisotopic (exact) mass is 311 g/mol. The summed E-state index contributed by atoms with van der Waals surface area (Å²) in [6.07, 6.45) is 3.93. The molecule has 1 heterocycles. The van der Waals surface area contributed by atoms with Gasteiger partial charge in [-0.1, -0.05) is 18.0 Å². The van der Waals surface area contributed by atoms with Gasteiger partial charge < -0.3 is 10.2 Å². The predicted molar refractivity (Wildman–Crippen MR) is 84.7 cm³/mol. The van der Waals surface area contributed by atoms with E-state index in [1.807, 2.05) is 0 Å². The van der Waals surface area contributed by atoms with Crippen molar-refractivity contribution in [2.24, 2.45) is 0 Å². The molecule has 0 aliphatic carbocycles. The largest absolute Gasteiger partial charge is 0.309 e. The standard InChI is InChI=1S/C15H22ClN3O2/c1-12(11-18-7-3-2-4-8-18)17-10-13-5-6-14(19(20)21)9-15(13)16/h5-6,9,12,17H,2-4,7-8,10-11H2,1H3. The summed E-state index contributed by atoms with van der Waals surface area (Å²) < 4.78 is 0. The smallest absolute Gasteiger partial charge is 0.270 e. The number of rotatable bonds is 6. The highest BCUT2D eigenvalue weighted by molar-refractivity contribution is 6.31. The zero-order valence-electron chi connectivity index (χ0n) is 12.3. The summed E-state index contributed by atoms with van der Waals surface area (Å²) in [5, 5.41) is 14.6. The Kier molecular flexibility index (Phi) is 5.96. The van der Waals surface area contributed by atoms with Crippen LogP contribution in [0.3, 0.4) is 0 Å². The van der Waals surface area contributed by atoms with Crippen LogP contribution in [-0.4, -0.2) is 35.5 Å². The van der Waals surface area contributed by atoms with E-state index in [4.69, 9.17) is 11.6 Å². The lowest BCUT2D eigenvalue weighted by Crippen LogP contribution is -2.41. The minimum Gasteiger partial charge on any atom is -0.309 e. The first-order chi connectivity index (χ1) is 10.1. The van der Waals surface area contributed by atoms with Crippen molar-refractivity contribution in [2.75, 3.05) is 19.6 Å². The second kappa shape index (κ2) is 7.73. The molecule has 1 aromatic rings. The van der Waals surface area contributed by atoms with E-state index >= 15 is 0 Å². The number of piperidine rings is 1. The van der Waals surface area contributed by atoms with Gasteiger partial charge >= 0.3 is 0 Å². The maximum atomic E-state index is 10.7. The zero-order chi connectivity index (χ0) is 15.2. The fourth-order valence-electron chi connectivity index (χ4n) is 2.67. The van der Waals surface area contributed by atoms with Crippen molar-refractivity contribution in [2.45, 2.75) is 38.8 Å². The minimum absolute atomic E-state index is 0.0325. The third-order valence-electron chi connectivity index (χ3n) is 3.87. The number of nitro groups is 1. The number of halogens is 1. The van der Waals surface area contributed by atoms with Crippen LogP contribution in [0.25, 0.3) is 0 Å². The van der Waals surface area contributed by atoms with Gasteiger partial charge in [0.05, 0.1) is 9.95 Å². The number of non-ortho nitro benzene ring substituents is 1. The van der Waals surface area contributed by atoms with Crippen LogP contribution in [0.5, 0.6) is 0 Å². The van der Waals surface area contributed by atoms with Crippen LogP contribution in [0.4, 0.5) is 5.69 Å². The lowest BCUT2D eigenvalue weighted by atomic mass is 10.1. The van der Waals surface area contributed by atoms with Crippen molar-refractivity contribution in [3.8, 4) is 0 Å². The Morgan fingerprint density at radius 3 is 2.71 bits per heavy atom. The first-order valence-corrected chi connectivity index (χ1v) is 7.82. The van der Waals surface area contributed by atoms with Crippen molar-refractivity contribution in [3.63, 3.8) is 0 Å². The third kappa shape index (κ3) is 4.95. The van der Waals surface area contributed by atoms with Gasteiger partial charge in [0.15, 0.2) is 0 Å². The molecule has 0 aromatic heterocycles. The maximum Gasteiger partial charge on any atom is 0.270 e. The second-order valence-corrected chi connectivity index (χ2v) is 6.08. The molecule has 116 valence electrons. The van der Waals surface area contributed by atoms with Gasteiger partial charge in [-0.25, -0.2) is 0 Å². The summed E-state index contributed by atoms with van der Waals surface area (Å²) in [5.74, 6) is 0. The van der Waals surface area contributed by atoms with Crippen LogP contribution in [0.15, 0.2) is 18.2 Å². The van der Waals surface area contributed by atoms with E-state index in [1.165, 1.54) is 44.5 Å². The molecule has 1 atom stereocenters. The molecule has 1 saturated heterocycles. The number of nitro benzene ring substituents is 1. The highest BCUT2D eigenvalue weighted by Crippen LogP contribution is 2.22. The molecule has 21 heavy (non-hydrogen) atoms. The molecule has 1 aliphatic heterocycles. The van der Waals surface area contributed by atoms with E-state index in [0.29, 0.717) is 17.6 Å². The Morgan fingerprint density at radius 1 is 1.38 bits per heavy atom. The minimum atomic E-state index is -0.429. The number of nitrogens with one attached hydrogen (secondary N) is 1. The molecule has 0 bridgehead atoms. The van der Waals surface area contributed by atoms with Crippen LogP contribution in [-0.2, 0) is 6.54 Å². The first-order valence-electron chi connectivity index (χ1n) is 7.45. The van der Waals surface area contributed by atoms with Crippen molar-refractivity contribution in [3.05, 3.63) is 38.9 Å². The molecule has 1 aliphatic rings. The fraction of sp³-hybridized carbons (Fsp3) is 0.600. The topological polar surface area (TPSA) is 58.4 Å². The van der Waals surface area contributed by atoms with Crippen molar-refractivity contribution in [1.82, 2.24) is 10.2 Å². The summed E-state index contributed by atoms with van der Waals surface area (Å²) in [6, 6.07) is 5.00. The van der Waals surface area contributed by atoms with Gasteiger partial charge in [0, 0.05) is 31.3 Å². The number of benzene rings is 1. The van der Waals surface area contributed by atoms with Crippen LogP contribution >= 0.6 is 11.6 Å². The van der Waals surface area contributed by atoms with Crippen molar-refractivity contribution in [1.29, 1.82) is 0 Å². The van der Waals surface area contributed by atoms with Crippen molar-refractivity contribution >= 4 is 17.3 Å². The number of nitrogens with zero attached hydrogens (tertiary/aromatic N) is 2. The van der Waals surface area contributed by atoms with Gasteiger partial charge in [-0.05, 0) is 44.5 Å². The summed E-state index contributed by atoms with van der Waals surface area (Å²) in [4.78, 5) is 12.7. The quantitative estimate of drug-likeness (QED) is 0.647. The zero-order valence-corrected chi connectivity index (χ0v) is 13.1. The molecule has 0 saturated carbocycles. The molecule has 0 radical (unpaired) electrons. The highest BCUT2D eigenvalue weighted by Gasteiger charge is 2.14. The maximum absolute atomic E-state index is 10.7. The number of hydrogen-bond acceptors (Lipinski definition) is 4. The number of likely N-dealkylation sites (tertiary alicyclic amines) is 1. The molecule has 1 N–H and O–H groups in total. The van der Waals surface area contributed by atoms with Gasteiger partial charge in [-0.3, -0.25) is 10.1 Å². The van der Waals surface area contributed by atoms with Crippen LogP contribution < -0.4 is 5.32 Å². The Morgan fingerprint density at radius 2 is 2.10 bits per heavy atom. The summed E-state index contributed by atoms with van der Waals surface area (Å²) in [5.41, 5.74) is 0.929.